The highest BCUT2D eigenvalue weighted by atomic mass is 35.5. The average Bonchev–Trinajstić information content (AvgIpc) is 3.15. The number of thioether (sulfide) groups is 1. The molecule has 1 heterocycles. The number of non-ortho nitro benzene ring substituents is 1. The van der Waals surface area contributed by atoms with Gasteiger partial charge in [0.2, 0.25) is 0 Å². The summed E-state index contributed by atoms with van der Waals surface area (Å²) in [5.41, 5.74) is 1.36. The highest BCUT2D eigenvalue weighted by Gasteiger charge is 2.21. The molecule has 0 fully saturated rings. The van der Waals surface area contributed by atoms with Gasteiger partial charge in [0.25, 0.3) is 11.6 Å². The normalized spacial score (nSPS) is 11.7. The third kappa shape index (κ3) is 5.50. The smallest absolute Gasteiger partial charge is 0.269 e. The third-order valence-electron chi connectivity index (χ3n) is 4.43. The zero-order valence-electron chi connectivity index (χ0n) is 16.7. The third-order valence-corrected chi connectivity index (χ3v) is 5.79. The van der Waals surface area contributed by atoms with Crippen LogP contribution in [0.1, 0.15) is 34.7 Å². The molecule has 0 spiro atoms. The van der Waals surface area contributed by atoms with Crippen molar-refractivity contribution in [3.8, 4) is 0 Å². The molecule has 8 nitrogen and oxygen atoms in total. The van der Waals surface area contributed by atoms with Crippen molar-refractivity contribution in [2.75, 3.05) is 0 Å². The van der Waals surface area contributed by atoms with Gasteiger partial charge in [0.15, 0.2) is 11.0 Å². The van der Waals surface area contributed by atoms with Crippen LogP contribution in [0.4, 0.5) is 5.69 Å². The van der Waals surface area contributed by atoms with Crippen LogP contribution in [0.2, 0.25) is 5.02 Å². The standard InChI is InChI=1S/C21H20ClN5O3S/c1-3-12-26-19(14(2)23-20(28)17-6-4-5-7-18(17)22)24-25-21(26)31-13-15-8-10-16(11-9-15)27(29)30/h3-11,14H,1,12-13H2,2H3,(H,23,28)/t14-/m0/s1. The Morgan fingerprint density at radius 1 is 1.29 bits per heavy atom. The molecular formula is C21H20ClN5O3S. The molecule has 31 heavy (non-hydrogen) atoms. The summed E-state index contributed by atoms with van der Waals surface area (Å²) in [6.07, 6.45) is 1.73. The fourth-order valence-electron chi connectivity index (χ4n) is 2.87. The first-order chi connectivity index (χ1) is 14.9. The Labute approximate surface area is 188 Å². The largest absolute Gasteiger partial charge is 0.342 e. The van der Waals surface area contributed by atoms with Crippen molar-refractivity contribution in [1.29, 1.82) is 0 Å². The number of nitro benzene ring substituents is 1. The van der Waals surface area contributed by atoms with E-state index < -0.39 is 11.0 Å². The number of allylic oxidation sites excluding steroid dienone is 1. The maximum absolute atomic E-state index is 12.6. The van der Waals surface area contributed by atoms with Gasteiger partial charge in [0, 0.05) is 24.4 Å². The topological polar surface area (TPSA) is 103 Å². The number of aromatic nitrogens is 3. The lowest BCUT2D eigenvalue weighted by Gasteiger charge is -2.15. The maximum atomic E-state index is 12.6. The second-order valence-electron chi connectivity index (χ2n) is 6.63. The van der Waals surface area contributed by atoms with Gasteiger partial charge >= 0.3 is 0 Å². The van der Waals surface area contributed by atoms with Crippen LogP contribution in [-0.2, 0) is 12.3 Å². The van der Waals surface area contributed by atoms with E-state index in [4.69, 9.17) is 11.6 Å². The molecule has 1 atom stereocenters. The Hall–Kier alpha value is -3.17. The van der Waals surface area contributed by atoms with Gasteiger partial charge in [-0.15, -0.1) is 16.8 Å². The van der Waals surface area contributed by atoms with Gasteiger partial charge in [-0.3, -0.25) is 14.9 Å². The predicted octanol–water partition coefficient (Wildman–Crippen LogP) is 4.81. The quantitative estimate of drug-likeness (QED) is 0.214. The molecule has 2 aromatic carbocycles. The number of nitro groups is 1. The summed E-state index contributed by atoms with van der Waals surface area (Å²) < 4.78 is 1.88. The summed E-state index contributed by atoms with van der Waals surface area (Å²) >= 11 is 7.56. The first kappa shape index (κ1) is 22.5. The van der Waals surface area contributed by atoms with Gasteiger partial charge < -0.3 is 9.88 Å². The molecule has 1 amide bonds. The number of nitrogens with one attached hydrogen (secondary N) is 1. The summed E-state index contributed by atoms with van der Waals surface area (Å²) in [5.74, 6) is 0.853. The van der Waals surface area contributed by atoms with Crippen molar-refractivity contribution in [2.24, 2.45) is 0 Å². The first-order valence-electron chi connectivity index (χ1n) is 9.36. The minimum Gasteiger partial charge on any atom is -0.342 e. The van der Waals surface area contributed by atoms with Gasteiger partial charge in [0.05, 0.1) is 21.6 Å². The fraction of sp³-hybridized carbons (Fsp3) is 0.190. The van der Waals surface area contributed by atoms with Crippen LogP contribution in [0.5, 0.6) is 0 Å². The lowest BCUT2D eigenvalue weighted by Crippen LogP contribution is -2.29. The minimum absolute atomic E-state index is 0.0500. The number of hydrogen-bond donors (Lipinski definition) is 1. The zero-order chi connectivity index (χ0) is 22.4. The monoisotopic (exact) mass is 457 g/mol. The summed E-state index contributed by atoms with van der Waals surface area (Å²) in [4.78, 5) is 22.9. The van der Waals surface area contributed by atoms with Gasteiger partial charge in [-0.25, -0.2) is 0 Å². The van der Waals surface area contributed by atoms with Crippen LogP contribution in [0.3, 0.4) is 0 Å². The first-order valence-corrected chi connectivity index (χ1v) is 10.7. The summed E-state index contributed by atoms with van der Waals surface area (Å²) in [6, 6.07) is 12.8. The Bertz CT molecular complexity index is 1100. The summed E-state index contributed by atoms with van der Waals surface area (Å²) in [5, 5.41) is 23.2. The Kier molecular flexibility index (Phi) is 7.43. The van der Waals surface area contributed by atoms with E-state index in [0.717, 1.165) is 5.56 Å². The van der Waals surface area contributed by atoms with E-state index in [1.54, 1.807) is 42.5 Å². The highest BCUT2D eigenvalue weighted by Crippen LogP contribution is 2.25. The number of nitrogens with zero attached hydrogens (tertiary/aromatic N) is 4. The number of carbonyl (C=O) groups is 1. The highest BCUT2D eigenvalue weighted by molar-refractivity contribution is 7.98. The minimum atomic E-state index is -0.428. The van der Waals surface area contributed by atoms with E-state index in [1.165, 1.54) is 23.9 Å². The van der Waals surface area contributed by atoms with E-state index in [0.29, 0.717) is 33.9 Å². The molecule has 0 saturated carbocycles. The van der Waals surface area contributed by atoms with Crippen LogP contribution in [0.25, 0.3) is 0 Å². The lowest BCUT2D eigenvalue weighted by atomic mass is 10.2. The summed E-state index contributed by atoms with van der Waals surface area (Å²) in [7, 11) is 0. The van der Waals surface area contributed by atoms with Crippen LogP contribution in [0, 0.1) is 10.1 Å². The van der Waals surface area contributed by atoms with E-state index in [-0.39, 0.29) is 11.6 Å². The van der Waals surface area contributed by atoms with Crippen molar-refractivity contribution in [2.45, 2.75) is 30.4 Å². The zero-order valence-corrected chi connectivity index (χ0v) is 18.3. The molecule has 0 aliphatic carbocycles. The summed E-state index contributed by atoms with van der Waals surface area (Å²) in [6.45, 7) is 6.08. The van der Waals surface area contributed by atoms with Crippen LogP contribution in [-0.4, -0.2) is 25.6 Å². The van der Waals surface area contributed by atoms with Crippen molar-refractivity contribution in [3.05, 3.63) is 93.3 Å². The van der Waals surface area contributed by atoms with E-state index in [9.17, 15) is 14.9 Å². The molecule has 0 saturated heterocycles. The molecule has 0 radical (unpaired) electrons. The molecule has 160 valence electrons. The second-order valence-corrected chi connectivity index (χ2v) is 7.98. The maximum Gasteiger partial charge on any atom is 0.269 e. The number of amides is 1. The lowest BCUT2D eigenvalue weighted by molar-refractivity contribution is -0.384. The number of halogens is 1. The van der Waals surface area contributed by atoms with Gasteiger partial charge in [-0.2, -0.15) is 0 Å². The van der Waals surface area contributed by atoms with Gasteiger partial charge in [0.1, 0.15) is 0 Å². The second kappa shape index (κ2) is 10.2. The number of hydrogen-bond acceptors (Lipinski definition) is 6. The Morgan fingerprint density at radius 3 is 2.65 bits per heavy atom. The number of carbonyl (C=O) groups excluding carboxylic acids is 1. The molecule has 3 rings (SSSR count). The molecule has 0 unspecified atom stereocenters. The molecule has 3 aromatic rings. The Morgan fingerprint density at radius 2 is 2.00 bits per heavy atom. The van der Waals surface area contributed by atoms with Crippen molar-refractivity contribution < 1.29 is 9.72 Å². The van der Waals surface area contributed by atoms with Crippen LogP contribution >= 0.6 is 23.4 Å². The molecular weight excluding hydrogens is 438 g/mol. The Balaban J connectivity index is 1.73. The molecule has 1 N–H and O–H groups in total. The van der Waals surface area contributed by atoms with Gasteiger partial charge in [-0.1, -0.05) is 53.7 Å². The predicted molar refractivity (Wildman–Crippen MR) is 120 cm³/mol. The molecule has 0 bridgehead atoms. The average molecular weight is 458 g/mol. The number of rotatable bonds is 9. The molecule has 0 aliphatic heterocycles. The van der Waals surface area contributed by atoms with E-state index in [2.05, 4.69) is 22.1 Å². The van der Waals surface area contributed by atoms with Gasteiger partial charge in [-0.05, 0) is 24.6 Å². The molecule has 0 aliphatic rings. The number of benzene rings is 2. The fourth-order valence-corrected chi connectivity index (χ4v) is 4.01. The SMILES string of the molecule is C=CCn1c(SCc2ccc([N+](=O)[O-])cc2)nnc1[C@H](C)NC(=O)c1ccccc1Cl. The van der Waals surface area contributed by atoms with Crippen LogP contribution < -0.4 is 5.32 Å². The van der Waals surface area contributed by atoms with Crippen molar-refractivity contribution in [3.63, 3.8) is 0 Å². The van der Waals surface area contributed by atoms with Crippen molar-refractivity contribution in [1.82, 2.24) is 20.1 Å². The molecule has 10 heteroatoms. The van der Waals surface area contributed by atoms with Crippen molar-refractivity contribution >= 4 is 35.0 Å². The van der Waals surface area contributed by atoms with E-state index >= 15 is 0 Å². The molecule has 1 aromatic heterocycles. The van der Waals surface area contributed by atoms with Crippen LogP contribution in [0.15, 0.2) is 66.3 Å². The van der Waals surface area contributed by atoms with E-state index in [1.807, 2.05) is 11.5 Å².